The number of hydrogen-bond acceptors (Lipinski definition) is 2. The van der Waals surface area contributed by atoms with Crippen molar-refractivity contribution in [3.05, 3.63) is 6.92 Å². The lowest BCUT2D eigenvalue weighted by atomic mass is 9.86. The van der Waals surface area contributed by atoms with Crippen LogP contribution in [0.25, 0.3) is 0 Å². The van der Waals surface area contributed by atoms with Gasteiger partial charge in [0.2, 0.25) is 0 Å². The summed E-state index contributed by atoms with van der Waals surface area (Å²) in [5.74, 6) is 1.79. The number of nitrogens with one attached hydrogen (secondary N) is 1. The SMILES string of the molecule is [CH2]CC1CCN(C(CC)C2CCCNC2)CC1. The molecule has 2 aliphatic heterocycles. The normalized spacial score (nSPS) is 30.4. The lowest BCUT2D eigenvalue weighted by molar-refractivity contribution is 0.0813. The van der Waals surface area contributed by atoms with Crippen LogP contribution >= 0.6 is 0 Å². The number of hydrogen-bond donors (Lipinski definition) is 1. The highest BCUT2D eigenvalue weighted by atomic mass is 15.2. The summed E-state index contributed by atoms with van der Waals surface area (Å²) in [5, 5.41) is 3.57. The minimum Gasteiger partial charge on any atom is -0.316 e. The molecule has 2 unspecified atom stereocenters. The molecular formula is C15H29N2. The predicted octanol–water partition coefficient (Wildman–Crippen LogP) is 2.70. The molecule has 1 N–H and O–H groups in total. The van der Waals surface area contributed by atoms with Gasteiger partial charge in [-0.05, 0) is 70.1 Å². The van der Waals surface area contributed by atoms with Gasteiger partial charge in [-0.1, -0.05) is 20.3 Å². The molecule has 0 amide bonds. The van der Waals surface area contributed by atoms with Gasteiger partial charge in [0.25, 0.3) is 0 Å². The first kappa shape index (κ1) is 13.4. The third-order valence-corrected chi connectivity index (χ3v) is 4.82. The lowest BCUT2D eigenvalue weighted by Crippen LogP contribution is -2.48. The molecule has 2 aliphatic rings. The van der Waals surface area contributed by atoms with Crippen LogP contribution in [0.4, 0.5) is 0 Å². The standard InChI is InChI=1S/C15H29N2/c1-3-13-7-10-17(11-8-13)15(4-2)14-6-5-9-16-12-14/h13-16H,1,3-12H2,2H3. The quantitative estimate of drug-likeness (QED) is 0.809. The van der Waals surface area contributed by atoms with E-state index in [1.54, 1.807) is 0 Å². The molecule has 0 aromatic rings. The Morgan fingerprint density at radius 2 is 2.06 bits per heavy atom. The van der Waals surface area contributed by atoms with E-state index in [1.165, 1.54) is 58.3 Å². The van der Waals surface area contributed by atoms with E-state index >= 15 is 0 Å². The molecule has 17 heavy (non-hydrogen) atoms. The van der Waals surface area contributed by atoms with Crippen LogP contribution < -0.4 is 5.32 Å². The van der Waals surface area contributed by atoms with Crippen LogP contribution in [0.5, 0.6) is 0 Å². The Hall–Kier alpha value is -0.0800. The van der Waals surface area contributed by atoms with Crippen LogP contribution in [0.1, 0.15) is 45.4 Å². The topological polar surface area (TPSA) is 15.3 Å². The first-order valence-electron chi connectivity index (χ1n) is 7.59. The Morgan fingerprint density at radius 3 is 2.59 bits per heavy atom. The highest BCUT2D eigenvalue weighted by molar-refractivity contribution is 4.85. The summed E-state index contributed by atoms with van der Waals surface area (Å²) in [5.41, 5.74) is 0. The van der Waals surface area contributed by atoms with E-state index in [-0.39, 0.29) is 0 Å². The van der Waals surface area contributed by atoms with E-state index in [9.17, 15) is 0 Å². The molecule has 2 nitrogen and oxygen atoms in total. The van der Waals surface area contributed by atoms with E-state index in [0.717, 1.165) is 24.3 Å². The van der Waals surface area contributed by atoms with Crippen molar-refractivity contribution in [3.8, 4) is 0 Å². The fraction of sp³-hybridized carbons (Fsp3) is 0.933. The van der Waals surface area contributed by atoms with E-state index in [4.69, 9.17) is 0 Å². The summed E-state index contributed by atoms with van der Waals surface area (Å²) in [6, 6.07) is 0.827. The third-order valence-electron chi connectivity index (χ3n) is 4.82. The zero-order valence-corrected chi connectivity index (χ0v) is 11.5. The first-order valence-corrected chi connectivity index (χ1v) is 7.59. The van der Waals surface area contributed by atoms with Crippen LogP contribution in [0.15, 0.2) is 0 Å². The van der Waals surface area contributed by atoms with Crippen LogP contribution in [0.3, 0.4) is 0 Å². The van der Waals surface area contributed by atoms with Gasteiger partial charge in [0.15, 0.2) is 0 Å². The van der Waals surface area contributed by atoms with Crippen molar-refractivity contribution in [3.63, 3.8) is 0 Å². The Balaban J connectivity index is 1.85. The molecule has 1 radical (unpaired) electrons. The molecule has 0 aromatic carbocycles. The molecule has 2 fully saturated rings. The van der Waals surface area contributed by atoms with Gasteiger partial charge in [-0.15, -0.1) is 0 Å². The van der Waals surface area contributed by atoms with Gasteiger partial charge in [-0.3, -0.25) is 0 Å². The second kappa shape index (κ2) is 6.75. The molecule has 0 aliphatic carbocycles. The van der Waals surface area contributed by atoms with Gasteiger partial charge in [0.05, 0.1) is 0 Å². The largest absolute Gasteiger partial charge is 0.316 e. The number of rotatable bonds is 4. The van der Waals surface area contributed by atoms with Gasteiger partial charge in [0, 0.05) is 6.04 Å². The van der Waals surface area contributed by atoms with Crippen molar-refractivity contribution < 1.29 is 0 Å². The second-order valence-electron chi connectivity index (χ2n) is 5.85. The minimum atomic E-state index is 0.827. The Kier molecular flexibility index (Phi) is 5.30. The molecule has 2 heterocycles. The zero-order chi connectivity index (χ0) is 12.1. The monoisotopic (exact) mass is 237 g/mol. The van der Waals surface area contributed by atoms with Crippen molar-refractivity contribution in [2.45, 2.75) is 51.5 Å². The average Bonchev–Trinajstić information content (AvgIpc) is 2.42. The molecule has 0 bridgehead atoms. The van der Waals surface area contributed by atoms with Gasteiger partial charge in [-0.2, -0.15) is 0 Å². The van der Waals surface area contributed by atoms with Crippen molar-refractivity contribution in [2.75, 3.05) is 26.2 Å². The molecule has 2 heteroatoms. The molecule has 0 aromatic heterocycles. The van der Waals surface area contributed by atoms with Crippen molar-refractivity contribution in [1.29, 1.82) is 0 Å². The summed E-state index contributed by atoms with van der Waals surface area (Å²) >= 11 is 0. The maximum Gasteiger partial charge on any atom is 0.0133 e. The number of likely N-dealkylation sites (tertiary alicyclic amines) is 1. The van der Waals surface area contributed by atoms with E-state index in [1.807, 2.05) is 0 Å². The first-order chi connectivity index (χ1) is 8.35. The number of piperidine rings is 2. The molecule has 0 spiro atoms. The van der Waals surface area contributed by atoms with Crippen molar-refractivity contribution in [1.82, 2.24) is 10.2 Å². The Morgan fingerprint density at radius 1 is 1.29 bits per heavy atom. The number of nitrogens with zero attached hydrogens (tertiary/aromatic N) is 1. The fourth-order valence-corrected chi connectivity index (χ4v) is 3.67. The molecule has 2 atom stereocenters. The molecular weight excluding hydrogens is 208 g/mol. The molecule has 0 saturated carbocycles. The molecule has 99 valence electrons. The van der Waals surface area contributed by atoms with Crippen molar-refractivity contribution in [2.24, 2.45) is 11.8 Å². The van der Waals surface area contributed by atoms with Gasteiger partial charge in [-0.25, -0.2) is 0 Å². The summed E-state index contributed by atoms with van der Waals surface area (Å²) in [7, 11) is 0. The molecule has 2 saturated heterocycles. The van der Waals surface area contributed by atoms with Crippen LogP contribution in [0.2, 0.25) is 0 Å². The summed E-state index contributed by atoms with van der Waals surface area (Å²) in [6.45, 7) is 11.5. The van der Waals surface area contributed by atoms with Gasteiger partial charge < -0.3 is 10.2 Å². The maximum absolute atomic E-state index is 4.06. The third kappa shape index (κ3) is 3.45. The van der Waals surface area contributed by atoms with Crippen LogP contribution in [0, 0.1) is 18.8 Å². The minimum absolute atomic E-state index is 0.827. The average molecular weight is 237 g/mol. The predicted molar refractivity (Wildman–Crippen MR) is 73.9 cm³/mol. The fourth-order valence-electron chi connectivity index (χ4n) is 3.67. The highest BCUT2D eigenvalue weighted by Gasteiger charge is 2.29. The van der Waals surface area contributed by atoms with Crippen molar-refractivity contribution >= 4 is 0 Å². The van der Waals surface area contributed by atoms with E-state index in [2.05, 4.69) is 24.1 Å². The second-order valence-corrected chi connectivity index (χ2v) is 5.85. The smallest absolute Gasteiger partial charge is 0.0133 e. The summed E-state index contributed by atoms with van der Waals surface area (Å²) in [6.07, 6.45) is 8.01. The maximum atomic E-state index is 4.06. The zero-order valence-electron chi connectivity index (χ0n) is 11.5. The van der Waals surface area contributed by atoms with Crippen LogP contribution in [-0.2, 0) is 0 Å². The summed E-state index contributed by atoms with van der Waals surface area (Å²) < 4.78 is 0. The Labute approximate surface area is 107 Å². The van der Waals surface area contributed by atoms with E-state index < -0.39 is 0 Å². The van der Waals surface area contributed by atoms with Gasteiger partial charge >= 0.3 is 0 Å². The highest BCUT2D eigenvalue weighted by Crippen LogP contribution is 2.27. The summed E-state index contributed by atoms with van der Waals surface area (Å²) in [4.78, 5) is 2.77. The molecule has 2 rings (SSSR count). The van der Waals surface area contributed by atoms with Gasteiger partial charge in [0.1, 0.15) is 0 Å². The van der Waals surface area contributed by atoms with E-state index in [0.29, 0.717) is 0 Å². The lowest BCUT2D eigenvalue weighted by Gasteiger charge is -2.42. The Bertz CT molecular complexity index is 203. The van der Waals surface area contributed by atoms with Crippen LogP contribution in [-0.4, -0.2) is 37.1 Å².